The molecule has 2 aromatic carbocycles. The molecule has 0 fully saturated rings. The van der Waals surface area contributed by atoms with Gasteiger partial charge in [-0.15, -0.1) is 0 Å². The zero-order valence-corrected chi connectivity index (χ0v) is 16.3. The average molecular weight is 426 g/mol. The van der Waals surface area contributed by atoms with E-state index in [1.54, 1.807) is 36.4 Å². The fourth-order valence-electron chi connectivity index (χ4n) is 2.59. The van der Waals surface area contributed by atoms with E-state index >= 15 is 0 Å². The first-order valence-electron chi connectivity index (χ1n) is 8.08. The summed E-state index contributed by atoms with van der Waals surface area (Å²) in [4.78, 5) is 25.0. The predicted octanol–water partition coefficient (Wildman–Crippen LogP) is 4.17. The lowest BCUT2D eigenvalue weighted by atomic mass is 10.0. The van der Waals surface area contributed by atoms with Crippen molar-refractivity contribution in [2.45, 2.75) is 13.0 Å². The first kappa shape index (κ1) is 19.5. The van der Waals surface area contributed by atoms with E-state index in [4.69, 9.17) is 39.5 Å². The third kappa shape index (κ3) is 4.95. The zero-order valence-electron chi connectivity index (χ0n) is 14.0. The standard InChI is InChI=1S/C19H15Cl3N2O3/c20-13-4-5-17(27-9-8-24-7-6-18(25)23-19(24)26)12(10-13)11-14-15(21)2-1-3-16(14)22/h1-7,10H,8-9,11H2,(H,23,25,26). The van der Waals surface area contributed by atoms with Crippen molar-refractivity contribution in [1.29, 1.82) is 0 Å². The fraction of sp³-hybridized carbons (Fsp3) is 0.158. The second kappa shape index (κ2) is 8.65. The van der Waals surface area contributed by atoms with Crippen LogP contribution in [0, 0.1) is 0 Å². The van der Waals surface area contributed by atoms with Gasteiger partial charge in [0.2, 0.25) is 0 Å². The third-order valence-corrected chi connectivity index (χ3v) is 4.88. The molecule has 0 aliphatic carbocycles. The summed E-state index contributed by atoms with van der Waals surface area (Å²) in [7, 11) is 0. The Morgan fingerprint density at radius 2 is 1.74 bits per heavy atom. The highest BCUT2D eigenvalue weighted by molar-refractivity contribution is 6.36. The minimum absolute atomic E-state index is 0.233. The summed E-state index contributed by atoms with van der Waals surface area (Å²) in [5.41, 5.74) is 0.690. The van der Waals surface area contributed by atoms with Crippen LogP contribution in [0.15, 0.2) is 58.3 Å². The fourth-order valence-corrected chi connectivity index (χ4v) is 3.32. The van der Waals surface area contributed by atoms with Gasteiger partial charge < -0.3 is 4.74 Å². The summed E-state index contributed by atoms with van der Waals surface area (Å²) in [5.74, 6) is 0.618. The smallest absolute Gasteiger partial charge is 0.328 e. The van der Waals surface area contributed by atoms with Crippen LogP contribution in [0.25, 0.3) is 0 Å². The minimum Gasteiger partial charge on any atom is -0.491 e. The molecule has 0 saturated heterocycles. The average Bonchev–Trinajstić information content (AvgIpc) is 2.62. The van der Waals surface area contributed by atoms with Crippen molar-refractivity contribution in [3.8, 4) is 5.75 Å². The van der Waals surface area contributed by atoms with Gasteiger partial charge in [-0.2, -0.15) is 0 Å². The molecular formula is C19H15Cl3N2O3. The van der Waals surface area contributed by atoms with Gasteiger partial charge in [-0.3, -0.25) is 14.3 Å². The molecule has 1 N–H and O–H groups in total. The first-order chi connectivity index (χ1) is 12.9. The molecule has 0 saturated carbocycles. The minimum atomic E-state index is -0.481. The molecule has 8 heteroatoms. The number of hydrogen-bond donors (Lipinski definition) is 1. The van der Waals surface area contributed by atoms with Gasteiger partial charge in [0.05, 0.1) is 6.54 Å². The molecule has 27 heavy (non-hydrogen) atoms. The molecule has 1 heterocycles. The van der Waals surface area contributed by atoms with Gasteiger partial charge in [-0.25, -0.2) is 4.79 Å². The molecule has 0 amide bonds. The molecule has 5 nitrogen and oxygen atoms in total. The maximum absolute atomic E-state index is 11.7. The van der Waals surface area contributed by atoms with Crippen molar-refractivity contribution in [1.82, 2.24) is 9.55 Å². The van der Waals surface area contributed by atoms with E-state index in [0.29, 0.717) is 27.2 Å². The molecule has 0 radical (unpaired) electrons. The van der Waals surface area contributed by atoms with E-state index in [1.165, 1.54) is 16.8 Å². The molecule has 0 bridgehead atoms. The van der Waals surface area contributed by atoms with E-state index in [0.717, 1.165) is 11.1 Å². The number of nitrogens with one attached hydrogen (secondary N) is 1. The second-order valence-electron chi connectivity index (χ2n) is 5.78. The van der Waals surface area contributed by atoms with Gasteiger partial charge in [-0.1, -0.05) is 40.9 Å². The molecule has 0 aliphatic rings. The van der Waals surface area contributed by atoms with Gasteiger partial charge in [0.1, 0.15) is 12.4 Å². The number of ether oxygens (including phenoxy) is 1. The molecule has 0 atom stereocenters. The lowest BCUT2D eigenvalue weighted by Crippen LogP contribution is -2.30. The Kier molecular flexibility index (Phi) is 6.26. The molecule has 0 unspecified atom stereocenters. The van der Waals surface area contributed by atoms with Crippen LogP contribution in [0.2, 0.25) is 15.1 Å². The van der Waals surface area contributed by atoms with E-state index in [-0.39, 0.29) is 13.2 Å². The monoisotopic (exact) mass is 424 g/mol. The normalized spacial score (nSPS) is 10.8. The van der Waals surface area contributed by atoms with Crippen LogP contribution in [0.1, 0.15) is 11.1 Å². The van der Waals surface area contributed by atoms with E-state index < -0.39 is 11.2 Å². The van der Waals surface area contributed by atoms with Crippen LogP contribution in [-0.4, -0.2) is 16.2 Å². The molecule has 3 rings (SSSR count). The van der Waals surface area contributed by atoms with Crippen molar-refractivity contribution in [2.24, 2.45) is 0 Å². The van der Waals surface area contributed by atoms with Crippen LogP contribution >= 0.6 is 34.8 Å². The highest BCUT2D eigenvalue weighted by Crippen LogP contribution is 2.31. The topological polar surface area (TPSA) is 64.1 Å². The molecule has 1 aromatic heterocycles. The van der Waals surface area contributed by atoms with Gasteiger partial charge in [0.15, 0.2) is 0 Å². The van der Waals surface area contributed by atoms with Crippen molar-refractivity contribution >= 4 is 34.8 Å². The van der Waals surface area contributed by atoms with E-state index in [9.17, 15) is 9.59 Å². The van der Waals surface area contributed by atoms with Crippen molar-refractivity contribution in [3.63, 3.8) is 0 Å². The largest absolute Gasteiger partial charge is 0.491 e. The Labute approximate surface area is 170 Å². The Morgan fingerprint density at radius 1 is 1.00 bits per heavy atom. The van der Waals surface area contributed by atoms with Gasteiger partial charge >= 0.3 is 5.69 Å². The maximum Gasteiger partial charge on any atom is 0.328 e. The Hall–Kier alpha value is -2.21. The van der Waals surface area contributed by atoms with E-state index in [2.05, 4.69) is 4.98 Å². The number of H-pyrrole nitrogens is 1. The molecule has 0 aliphatic heterocycles. The molecular weight excluding hydrogens is 411 g/mol. The SMILES string of the molecule is O=c1ccn(CCOc2ccc(Cl)cc2Cc2c(Cl)cccc2Cl)c(=O)[nH]1. The summed E-state index contributed by atoms with van der Waals surface area (Å²) >= 11 is 18.6. The number of rotatable bonds is 6. The Bertz CT molecular complexity index is 1060. The quantitative estimate of drug-likeness (QED) is 0.645. The number of hydrogen-bond acceptors (Lipinski definition) is 3. The number of aromatic nitrogens is 2. The number of aromatic amines is 1. The highest BCUT2D eigenvalue weighted by Gasteiger charge is 2.11. The van der Waals surface area contributed by atoms with E-state index in [1.807, 2.05) is 0 Å². The lowest BCUT2D eigenvalue weighted by molar-refractivity contribution is 0.293. The van der Waals surface area contributed by atoms with Crippen LogP contribution in [0.5, 0.6) is 5.75 Å². The third-order valence-electron chi connectivity index (χ3n) is 3.94. The maximum atomic E-state index is 11.7. The number of halogens is 3. The Balaban J connectivity index is 1.78. The summed E-state index contributed by atoms with van der Waals surface area (Å²) in [5, 5.41) is 1.69. The van der Waals surface area contributed by atoms with Crippen molar-refractivity contribution in [3.05, 3.63) is 95.7 Å². The van der Waals surface area contributed by atoms with Crippen LogP contribution in [0.4, 0.5) is 0 Å². The lowest BCUT2D eigenvalue weighted by Gasteiger charge is -2.14. The number of nitrogens with zero attached hydrogens (tertiary/aromatic N) is 1. The molecule has 0 spiro atoms. The zero-order chi connectivity index (χ0) is 19.4. The highest BCUT2D eigenvalue weighted by atomic mass is 35.5. The summed E-state index contributed by atoms with van der Waals surface area (Å²) in [6.07, 6.45) is 1.88. The van der Waals surface area contributed by atoms with Gasteiger partial charge in [-0.05, 0) is 35.9 Å². The second-order valence-corrected chi connectivity index (χ2v) is 7.03. The van der Waals surface area contributed by atoms with Crippen LogP contribution in [-0.2, 0) is 13.0 Å². The van der Waals surface area contributed by atoms with Crippen LogP contribution < -0.4 is 16.0 Å². The molecule has 3 aromatic rings. The summed E-state index contributed by atoms with van der Waals surface area (Å²) < 4.78 is 7.20. The van der Waals surface area contributed by atoms with Crippen molar-refractivity contribution in [2.75, 3.05) is 6.61 Å². The van der Waals surface area contributed by atoms with Gasteiger partial charge in [0, 0.05) is 39.3 Å². The summed E-state index contributed by atoms with van der Waals surface area (Å²) in [6, 6.07) is 11.9. The predicted molar refractivity (Wildman–Crippen MR) is 108 cm³/mol. The Morgan fingerprint density at radius 3 is 2.44 bits per heavy atom. The van der Waals surface area contributed by atoms with Gasteiger partial charge in [0.25, 0.3) is 5.56 Å². The van der Waals surface area contributed by atoms with Crippen molar-refractivity contribution < 1.29 is 4.74 Å². The summed E-state index contributed by atoms with van der Waals surface area (Å²) in [6.45, 7) is 0.515. The molecule has 140 valence electrons. The van der Waals surface area contributed by atoms with Crippen LogP contribution in [0.3, 0.4) is 0 Å². The first-order valence-corrected chi connectivity index (χ1v) is 9.21. The number of benzene rings is 2.